The number of imidazole rings is 1. The fraction of sp³-hybridized carbons (Fsp3) is 0.632. The van der Waals surface area contributed by atoms with Crippen LogP contribution in [0.15, 0.2) is 18.6 Å². The van der Waals surface area contributed by atoms with E-state index in [0.29, 0.717) is 43.7 Å². The van der Waals surface area contributed by atoms with Crippen LogP contribution >= 0.6 is 0 Å². The van der Waals surface area contributed by atoms with E-state index in [1.807, 2.05) is 29.6 Å². The minimum absolute atomic E-state index is 0.00654. The number of amides is 1. The Hall–Kier alpha value is -1.99. The van der Waals surface area contributed by atoms with Crippen molar-refractivity contribution in [2.24, 2.45) is 11.8 Å². The van der Waals surface area contributed by atoms with E-state index in [2.05, 4.69) is 28.7 Å². The molecule has 0 bridgehead atoms. The molecule has 7 heteroatoms. The summed E-state index contributed by atoms with van der Waals surface area (Å²) in [7, 11) is 4.09. The van der Waals surface area contributed by atoms with Gasteiger partial charge in [0.25, 0.3) is 5.91 Å². The van der Waals surface area contributed by atoms with Gasteiger partial charge in [0.15, 0.2) is 5.65 Å². The molecule has 7 nitrogen and oxygen atoms in total. The quantitative estimate of drug-likeness (QED) is 0.814. The van der Waals surface area contributed by atoms with Crippen molar-refractivity contribution >= 4 is 17.1 Å². The van der Waals surface area contributed by atoms with Gasteiger partial charge in [-0.05, 0) is 26.1 Å². The second-order valence-corrected chi connectivity index (χ2v) is 7.81. The van der Waals surface area contributed by atoms with Gasteiger partial charge in [0, 0.05) is 38.3 Å². The number of hydrogen-bond acceptors (Lipinski definition) is 5. The predicted octanol–water partition coefficient (Wildman–Crippen LogP) is 1.74. The zero-order valence-corrected chi connectivity index (χ0v) is 16.2. The predicted molar refractivity (Wildman–Crippen MR) is 101 cm³/mol. The first kappa shape index (κ1) is 18.8. The van der Waals surface area contributed by atoms with Gasteiger partial charge >= 0.3 is 0 Å². The molecular formula is C19H29N5O2. The molecule has 1 amide bonds. The SMILES string of the molecule is CC(C)Cn1cnc2cc(C(=O)N3CCOCC(CN(C)C)C3)cnc21. The normalized spacial score (nSPS) is 18.7. The third-order valence-corrected chi connectivity index (χ3v) is 4.51. The van der Waals surface area contributed by atoms with Gasteiger partial charge in [-0.2, -0.15) is 0 Å². The fourth-order valence-electron chi connectivity index (χ4n) is 3.47. The van der Waals surface area contributed by atoms with E-state index in [-0.39, 0.29) is 5.91 Å². The number of nitrogens with zero attached hydrogens (tertiary/aromatic N) is 5. The van der Waals surface area contributed by atoms with Crippen LogP contribution < -0.4 is 0 Å². The van der Waals surface area contributed by atoms with Crippen molar-refractivity contribution in [3.05, 3.63) is 24.2 Å². The highest BCUT2D eigenvalue weighted by atomic mass is 16.5. The van der Waals surface area contributed by atoms with Crippen molar-refractivity contribution < 1.29 is 9.53 Å². The van der Waals surface area contributed by atoms with Crippen LogP contribution in [0.1, 0.15) is 24.2 Å². The second-order valence-electron chi connectivity index (χ2n) is 7.81. The van der Waals surface area contributed by atoms with Crippen LogP contribution in [0.25, 0.3) is 11.2 Å². The first-order chi connectivity index (χ1) is 12.4. The van der Waals surface area contributed by atoms with Gasteiger partial charge in [-0.1, -0.05) is 13.8 Å². The Morgan fingerprint density at radius 2 is 2.19 bits per heavy atom. The van der Waals surface area contributed by atoms with Crippen LogP contribution in [0.5, 0.6) is 0 Å². The highest BCUT2D eigenvalue weighted by Gasteiger charge is 2.24. The van der Waals surface area contributed by atoms with Crippen LogP contribution in [0.3, 0.4) is 0 Å². The summed E-state index contributed by atoms with van der Waals surface area (Å²) in [5.41, 5.74) is 2.20. The number of carbonyl (C=O) groups is 1. The second kappa shape index (κ2) is 8.14. The number of fused-ring (bicyclic) bond motifs is 1. The van der Waals surface area contributed by atoms with Crippen LogP contribution in [0, 0.1) is 11.8 Å². The summed E-state index contributed by atoms with van der Waals surface area (Å²) >= 11 is 0. The fourth-order valence-corrected chi connectivity index (χ4v) is 3.47. The molecule has 0 N–H and O–H groups in total. The highest BCUT2D eigenvalue weighted by Crippen LogP contribution is 2.17. The molecule has 142 valence electrons. The molecule has 3 rings (SSSR count). The zero-order valence-electron chi connectivity index (χ0n) is 16.2. The summed E-state index contributed by atoms with van der Waals surface area (Å²) < 4.78 is 7.73. The van der Waals surface area contributed by atoms with Crippen LogP contribution in [-0.2, 0) is 11.3 Å². The van der Waals surface area contributed by atoms with Gasteiger partial charge in [0.1, 0.15) is 5.52 Å². The van der Waals surface area contributed by atoms with Crippen molar-refractivity contribution in [2.45, 2.75) is 20.4 Å². The van der Waals surface area contributed by atoms with E-state index in [1.165, 1.54) is 0 Å². The Morgan fingerprint density at radius 3 is 2.92 bits per heavy atom. The monoisotopic (exact) mass is 359 g/mol. The third kappa shape index (κ3) is 4.40. The summed E-state index contributed by atoms with van der Waals surface area (Å²) in [4.78, 5) is 26.0. The summed E-state index contributed by atoms with van der Waals surface area (Å²) in [6, 6.07) is 1.86. The van der Waals surface area contributed by atoms with E-state index >= 15 is 0 Å². The smallest absolute Gasteiger partial charge is 0.255 e. The lowest BCUT2D eigenvalue weighted by Crippen LogP contribution is -2.38. The Balaban J connectivity index is 1.78. The van der Waals surface area contributed by atoms with Crippen molar-refractivity contribution in [3.63, 3.8) is 0 Å². The Bertz CT molecular complexity index is 755. The maximum Gasteiger partial charge on any atom is 0.255 e. The summed E-state index contributed by atoms with van der Waals surface area (Å²) in [5.74, 6) is 0.840. The Labute approximate surface area is 155 Å². The number of ether oxygens (including phenoxy) is 1. The average Bonchev–Trinajstić information content (AvgIpc) is 2.82. The zero-order chi connectivity index (χ0) is 18.7. The molecular weight excluding hydrogens is 330 g/mol. The minimum atomic E-state index is 0.00654. The van der Waals surface area contributed by atoms with Gasteiger partial charge in [0.2, 0.25) is 0 Å². The minimum Gasteiger partial charge on any atom is -0.379 e. The van der Waals surface area contributed by atoms with Crippen molar-refractivity contribution in [1.82, 2.24) is 24.3 Å². The lowest BCUT2D eigenvalue weighted by Gasteiger charge is -2.25. The third-order valence-electron chi connectivity index (χ3n) is 4.51. The van der Waals surface area contributed by atoms with Gasteiger partial charge < -0.3 is 19.1 Å². The van der Waals surface area contributed by atoms with E-state index in [9.17, 15) is 4.79 Å². The van der Waals surface area contributed by atoms with E-state index in [0.717, 1.165) is 24.3 Å². The molecule has 1 atom stereocenters. The molecule has 1 aliphatic rings. The number of rotatable bonds is 5. The lowest BCUT2D eigenvalue weighted by molar-refractivity contribution is 0.0734. The summed E-state index contributed by atoms with van der Waals surface area (Å²) in [6.07, 6.45) is 3.48. The first-order valence-electron chi connectivity index (χ1n) is 9.26. The molecule has 0 radical (unpaired) electrons. The molecule has 2 aromatic rings. The molecule has 26 heavy (non-hydrogen) atoms. The molecule has 2 aromatic heterocycles. The molecule has 0 saturated carbocycles. The van der Waals surface area contributed by atoms with Crippen molar-refractivity contribution in [2.75, 3.05) is 46.9 Å². The topological polar surface area (TPSA) is 63.5 Å². The number of hydrogen-bond donors (Lipinski definition) is 0. The molecule has 0 aromatic carbocycles. The summed E-state index contributed by atoms with van der Waals surface area (Å²) in [6.45, 7) is 8.68. The van der Waals surface area contributed by atoms with Gasteiger partial charge in [0.05, 0.1) is 25.1 Å². The molecule has 1 fully saturated rings. The maximum atomic E-state index is 13.0. The number of pyridine rings is 1. The molecule has 1 aliphatic heterocycles. The Morgan fingerprint density at radius 1 is 1.38 bits per heavy atom. The molecule has 0 aliphatic carbocycles. The van der Waals surface area contributed by atoms with Crippen molar-refractivity contribution in [1.29, 1.82) is 0 Å². The largest absolute Gasteiger partial charge is 0.379 e. The van der Waals surface area contributed by atoms with E-state index < -0.39 is 0 Å². The average molecular weight is 359 g/mol. The van der Waals surface area contributed by atoms with E-state index in [1.54, 1.807) is 12.5 Å². The van der Waals surface area contributed by atoms with Crippen molar-refractivity contribution in [3.8, 4) is 0 Å². The maximum absolute atomic E-state index is 13.0. The highest BCUT2D eigenvalue weighted by molar-refractivity contribution is 5.96. The standard InChI is InChI=1S/C19H29N5O2/c1-14(2)9-24-13-21-17-7-16(8-20-18(17)24)19(25)23-5-6-26-12-15(11-23)10-22(3)4/h7-8,13-15H,5-6,9-12H2,1-4H3. The molecule has 1 unspecified atom stereocenters. The van der Waals surface area contributed by atoms with Gasteiger partial charge in [-0.15, -0.1) is 0 Å². The number of carbonyl (C=O) groups excluding carboxylic acids is 1. The van der Waals surface area contributed by atoms with Gasteiger partial charge in [-0.3, -0.25) is 4.79 Å². The van der Waals surface area contributed by atoms with Crippen LogP contribution in [0.2, 0.25) is 0 Å². The van der Waals surface area contributed by atoms with Crippen LogP contribution in [0.4, 0.5) is 0 Å². The lowest BCUT2D eigenvalue weighted by atomic mass is 10.1. The molecule has 3 heterocycles. The molecule has 0 spiro atoms. The first-order valence-corrected chi connectivity index (χ1v) is 9.26. The van der Waals surface area contributed by atoms with Crippen LogP contribution in [-0.4, -0.2) is 77.2 Å². The van der Waals surface area contributed by atoms with E-state index in [4.69, 9.17) is 4.74 Å². The number of aromatic nitrogens is 3. The summed E-state index contributed by atoms with van der Waals surface area (Å²) in [5, 5.41) is 0. The Kier molecular flexibility index (Phi) is 5.88. The van der Waals surface area contributed by atoms with Gasteiger partial charge in [-0.25, -0.2) is 9.97 Å². The molecule has 1 saturated heterocycles.